The summed E-state index contributed by atoms with van der Waals surface area (Å²) in [5.41, 5.74) is 2.45. The van der Waals surface area contributed by atoms with Crippen LogP contribution in [0.1, 0.15) is 21.7 Å². The number of alkyl halides is 4. The van der Waals surface area contributed by atoms with Crippen molar-refractivity contribution in [3.63, 3.8) is 0 Å². The van der Waals surface area contributed by atoms with Crippen LogP contribution in [0.5, 0.6) is 11.5 Å². The van der Waals surface area contributed by atoms with Gasteiger partial charge in [0, 0.05) is 11.6 Å². The molecule has 0 saturated carbocycles. The Morgan fingerprint density at radius 1 is 1.20 bits per heavy atom. The van der Waals surface area contributed by atoms with Gasteiger partial charge in [-0.3, -0.25) is 4.79 Å². The van der Waals surface area contributed by atoms with E-state index in [-0.39, 0.29) is 16.9 Å². The minimum Gasteiger partial charge on any atom is -0.469 e. The van der Waals surface area contributed by atoms with Crippen LogP contribution < -0.4 is 14.9 Å². The van der Waals surface area contributed by atoms with Gasteiger partial charge >= 0.3 is 13.2 Å². The number of nitrogens with one attached hydrogen (secondary N) is 1. The van der Waals surface area contributed by atoms with E-state index in [9.17, 15) is 22.4 Å². The van der Waals surface area contributed by atoms with Gasteiger partial charge in [0.05, 0.1) is 18.0 Å². The number of furan rings is 1. The number of hydrogen-bond acceptors (Lipinski definition) is 5. The van der Waals surface area contributed by atoms with Gasteiger partial charge in [0.15, 0.2) is 0 Å². The van der Waals surface area contributed by atoms with E-state index in [4.69, 9.17) is 4.42 Å². The van der Waals surface area contributed by atoms with Crippen LogP contribution in [0.25, 0.3) is 0 Å². The first-order valence-corrected chi connectivity index (χ1v) is 6.78. The van der Waals surface area contributed by atoms with Crippen molar-refractivity contribution in [1.29, 1.82) is 0 Å². The molecular formula is C15H12F4N2O4. The molecule has 0 unspecified atom stereocenters. The number of rotatable bonds is 7. The maximum atomic E-state index is 12.4. The summed E-state index contributed by atoms with van der Waals surface area (Å²) in [6, 6.07) is 4.59. The summed E-state index contributed by atoms with van der Waals surface area (Å²) >= 11 is 0. The molecule has 0 aliphatic heterocycles. The Labute approximate surface area is 139 Å². The minimum absolute atomic E-state index is 0.0196. The first kappa shape index (κ1) is 18.3. The minimum atomic E-state index is -3.18. The highest BCUT2D eigenvalue weighted by Gasteiger charge is 2.13. The summed E-state index contributed by atoms with van der Waals surface area (Å²) in [5.74, 6) is -0.995. The molecular weight excluding hydrogens is 348 g/mol. The summed E-state index contributed by atoms with van der Waals surface area (Å²) < 4.78 is 62.6. The second-order valence-electron chi connectivity index (χ2n) is 4.55. The number of halogens is 4. The monoisotopic (exact) mass is 360 g/mol. The van der Waals surface area contributed by atoms with E-state index in [0.717, 1.165) is 18.3 Å². The molecule has 0 saturated heterocycles. The van der Waals surface area contributed by atoms with E-state index >= 15 is 0 Å². The third kappa shape index (κ3) is 5.23. The fraction of sp³-hybridized carbons (Fsp3) is 0.200. The Morgan fingerprint density at radius 2 is 1.92 bits per heavy atom. The molecule has 0 atom stereocenters. The lowest BCUT2D eigenvalue weighted by atomic mass is 10.2. The van der Waals surface area contributed by atoms with Crippen molar-refractivity contribution in [2.45, 2.75) is 20.1 Å². The lowest BCUT2D eigenvalue weighted by Crippen LogP contribution is -2.17. The van der Waals surface area contributed by atoms with Crippen molar-refractivity contribution in [2.24, 2.45) is 5.10 Å². The molecule has 0 radical (unpaired) electrons. The van der Waals surface area contributed by atoms with Crippen molar-refractivity contribution in [2.75, 3.05) is 0 Å². The summed E-state index contributed by atoms with van der Waals surface area (Å²) in [7, 11) is 0. The molecule has 1 amide bonds. The SMILES string of the molecule is Cc1occc1C(=O)N/N=C/c1ccc(OC(F)F)cc1OC(F)F. The smallest absolute Gasteiger partial charge is 0.387 e. The van der Waals surface area contributed by atoms with Crippen LogP contribution in [-0.2, 0) is 0 Å². The van der Waals surface area contributed by atoms with Crippen LogP contribution in [0.2, 0.25) is 0 Å². The molecule has 0 aliphatic rings. The quantitative estimate of drug-likeness (QED) is 0.466. The number of hydrogen-bond donors (Lipinski definition) is 1. The molecule has 0 bridgehead atoms. The number of ether oxygens (including phenoxy) is 2. The van der Waals surface area contributed by atoms with Crippen LogP contribution in [0.15, 0.2) is 40.0 Å². The Morgan fingerprint density at radius 3 is 2.52 bits per heavy atom. The van der Waals surface area contributed by atoms with Crippen molar-refractivity contribution in [3.8, 4) is 11.5 Å². The fourth-order valence-corrected chi connectivity index (χ4v) is 1.84. The van der Waals surface area contributed by atoms with Crippen molar-refractivity contribution in [3.05, 3.63) is 47.4 Å². The number of carbonyl (C=O) groups excluding carboxylic acids is 1. The van der Waals surface area contributed by atoms with Gasteiger partial charge in [0.1, 0.15) is 17.3 Å². The molecule has 1 heterocycles. The first-order valence-electron chi connectivity index (χ1n) is 6.78. The standard InChI is InChI=1S/C15H12F4N2O4/c1-8-11(4-5-23-8)13(22)21-20-7-9-2-3-10(24-14(16)17)6-12(9)25-15(18)19/h2-7,14-15H,1H3,(H,21,22)/b20-7+. The zero-order chi connectivity index (χ0) is 18.4. The number of aryl methyl sites for hydroxylation is 1. The Kier molecular flexibility index (Phi) is 5.98. The highest BCUT2D eigenvalue weighted by molar-refractivity contribution is 5.95. The van der Waals surface area contributed by atoms with Crippen LogP contribution in [0.3, 0.4) is 0 Å². The Hall–Kier alpha value is -3.04. The first-order chi connectivity index (χ1) is 11.9. The largest absolute Gasteiger partial charge is 0.469 e. The predicted molar refractivity (Wildman–Crippen MR) is 78.2 cm³/mol. The predicted octanol–water partition coefficient (Wildman–Crippen LogP) is 3.55. The van der Waals surface area contributed by atoms with Crippen molar-refractivity contribution >= 4 is 12.1 Å². The summed E-state index contributed by atoms with van der Waals surface area (Å²) in [5, 5.41) is 3.62. The average Bonchev–Trinajstić information content (AvgIpc) is 2.94. The van der Waals surface area contributed by atoms with Gasteiger partial charge < -0.3 is 13.9 Å². The van der Waals surface area contributed by atoms with Crippen LogP contribution >= 0.6 is 0 Å². The zero-order valence-electron chi connectivity index (χ0n) is 12.7. The molecule has 25 heavy (non-hydrogen) atoms. The van der Waals surface area contributed by atoms with Gasteiger partial charge in [-0.05, 0) is 25.1 Å². The zero-order valence-corrected chi connectivity index (χ0v) is 12.7. The normalized spacial score (nSPS) is 11.3. The maximum absolute atomic E-state index is 12.4. The molecule has 1 aromatic carbocycles. The van der Waals surface area contributed by atoms with E-state index in [1.807, 2.05) is 0 Å². The molecule has 0 aliphatic carbocycles. The van der Waals surface area contributed by atoms with E-state index in [2.05, 4.69) is 20.0 Å². The van der Waals surface area contributed by atoms with Gasteiger partial charge in [-0.1, -0.05) is 0 Å². The number of carbonyl (C=O) groups is 1. The molecule has 2 rings (SSSR count). The second kappa shape index (κ2) is 8.18. The van der Waals surface area contributed by atoms with Crippen LogP contribution in [0.4, 0.5) is 17.6 Å². The van der Waals surface area contributed by atoms with Crippen LogP contribution in [-0.4, -0.2) is 25.3 Å². The van der Waals surface area contributed by atoms with Gasteiger partial charge in [-0.15, -0.1) is 0 Å². The molecule has 2 aromatic rings. The molecule has 0 spiro atoms. The van der Waals surface area contributed by atoms with Gasteiger partial charge in [0.2, 0.25) is 0 Å². The molecule has 134 valence electrons. The van der Waals surface area contributed by atoms with Crippen molar-refractivity contribution in [1.82, 2.24) is 5.43 Å². The van der Waals surface area contributed by atoms with E-state index in [0.29, 0.717) is 5.76 Å². The lowest BCUT2D eigenvalue weighted by molar-refractivity contribution is -0.0543. The Bertz CT molecular complexity index is 762. The summed E-state index contributed by atoms with van der Waals surface area (Å²) in [6.07, 6.45) is 2.35. The average molecular weight is 360 g/mol. The highest BCUT2D eigenvalue weighted by Crippen LogP contribution is 2.26. The molecule has 10 heteroatoms. The fourth-order valence-electron chi connectivity index (χ4n) is 1.84. The third-order valence-corrected chi connectivity index (χ3v) is 2.90. The number of nitrogens with zero attached hydrogens (tertiary/aromatic N) is 1. The van der Waals surface area contributed by atoms with Crippen molar-refractivity contribution < 1.29 is 36.2 Å². The highest BCUT2D eigenvalue weighted by atomic mass is 19.3. The number of benzene rings is 1. The molecule has 6 nitrogen and oxygen atoms in total. The van der Waals surface area contributed by atoms with Crippen LogP contribution in [0, 0.1) is 6.92 Å². The maximum Gasteiger partial charge on any atom is 0.387 e. The summed E-state index contributed by atoms with van der Waals surface area (Å²) in [6.45, 7) is -4.72. The lowest BCUT2D eigenvalue weighted by Gasteiger charge is -2.10. The van der Waals surface area contributed by atoms with E-state index in [1.165, 1.54) is 18.4 Å². The van der Waals surface area contributed by atoms with Gasteiger partial charge in [0.25, 0.3) is 5.91 Å². The number of hydrazone groups is 1. The second-order valence-corrected chi connectivity index (χ2v) is 4.55. The topological polar surface area (TPSA) is 73.1 Å². The number of amides is 1. The molecule has 0 fully saturated rings. The third-order valence-electron chi connectivity index (χ3n) is 2.90. The van der Waals surface area contributed by atoms with Gasteiger partial charge in [-0.2, -0.15) is 22.7 Å². The molecule has 1 N–H and O–H groups in total. The van der Waals surface area contributed by atoms with E-state index in [1.54, 1.807) is 6.92 Å². The molecule has 1 aromatic heterocycles. The Balaban J connectivity index is 2.14. The van der Waals surface area contributed by atoms with E-state index < -0.39 is 24.9 Å². The van der Waals surface area contributed by atoms with Gasteiger partial charge in [-0.25, -0.2) is 5.43 Å². The summed E-state index contributed by atoms with van der Waals surface area (Å²) in [4.78, 5) is 11.8.